The summed E-state index contributed by atoms with van der Waals surface area (Å²) in [5, 5.41) is 0. The molecule has 4 aromatic heterocycles. The van der Waals surface area contributed by atoms with Gasteiger partial charge in [-0.25, -0.2) is 0 Å². The molecule has 1 aromatic carbocycles. The topological polar surface area (TPSA) is 68.3 Å². The number of hydrogen-bond donors (Lipinski definition) is 0. The summed E-state index contributed by atoms with van der Waals surface area (Å²) in [4.78, 5) is 59.0. The predicted octanol–water partition coefficient (Wildman–Crippen LogP) is 13.7. The lowest BCUT2D eigenvalue weighted by molar-refractivity contribution is -0.137. The van der Waals surface area contributed by atoms with Crippen molar-refractivity contribution in [3.63, 3.8) is 0 Å². The predicted molar refractivity (Wildman–Crippen MR) is 231 cm³/mol. The molecule has 14 heteroatoms. The zero-order chi connectivity index (χ0) is 42.8. The molecule has 4 nitrogen and oxygen atoms in total. The Balaban J connectivity index is 0.968. The monoisotopic (exact) mass is 914 g/mol. The van der Waals surface area contributed by atoms with Crippen LogP contribution in [0.1, 0.15) is 118 Å². The maximum atomic E-state index is 13.5. The molecule has 62 heavy (non-hydrogen) atoms. The van der Waals surface area contributed by atoms with Crippen molar-refractivity contribution in [2.45, 2.75) is 87.4 Å². The molecule has 0 radical (unpaired) electrons. The standard InChI is InChI=1S/C48H32F6O4S4/c49-47(50,51)21-7-9-25-27(15-21)35(55)37(57)29(25)17-23-19-31-39(59-23)41-33(45(31)11-3-1-4-12-45)43-44(61-41)34-42(62-43)40-32(46(34)13-5-2-6-14-46)20-24(60-40)18-30-26-10-8-22(48(52,53)54)16-28(26)36(56)38(30)58/h7-10,15-20,25,27H,1-6,11-14H2/b29-17-,30-18-. The van der Waals surface area contributed by atoms with E-state index in [4.69, 9.17) is 0 Å². The number of allylic oxidation sites excluding steroid dienone is 6. The summed E-state index contributed by atoms with van der Waals surface area (Å²) in [6.45, 7) is 0. The van der Waals surface area contributed by atoms with Crippen LogP contribution in [0.25, 0.3) is 46.6 Å². The van der Waals surface area contributed by atoms with Crippen molar-refractivity contribution < 1.29 is 45.5 Å². The van der Waals surface area contributed by atoms with Gasteiger partial charge in [0.2, 0.25) is 23.1 Å². The summed E-state index contributed by atoms with van der Waals surface area (Å²) in [6.07, 6.45) is 7.73. The third-order valence-corrected chi connectivity index (χ3v) is 19.5. The van der Waals surface area contributed by atoms with Gasteiger partial charge >= 0.3 is 12.4 Å². The number of halogens is 6. The first kappa shape index (κ1) is 39.1. The fourth-order valence-electron chi connectivity index (χ4n) is 11.7. The zero-order valence-electron chi connectivity index (χ0n) is 32.5. The molecule has 0 saturated heterocycles. The smallest absolute Gasteiger partial charge is 0.290 e. The number of hydrogen-bond acceptors (Lipinski definition) is 8. The van der Waals surface area contributed by atoms with E-state index in [1.165, 1.54) is 58.4 Å². The molecule has 12 rings (SSSR count). The van der Waals surface area contributed by atoms with Crippen LogP contribution < -0.4 is 0 Å². The molecule has 3 saturated carbocycles. The van der Waals surface area contributed by atoms with Crippen LogP contribution >= 0.6 is 45.3 Å². The number of Topliss-reactive ketones (excluding diaryl/α,β-unsaturated/α-hetero) is 4. The summed E-state index contributed by atoms with van der Waals surface area (Å²) in [6, 6.07) is 7.22. The van der Waals surface area contributed by atoms with Crippen molar-refractivity contribution in [2.24, 2.45) is 11.8 Å². The van der Waals surface area contributed by atoms with E-state index in [1.807, 2.05) is 22.7 Å². The fourth-order valence-corrected chi connectivity index (χ4v) is 17.7. The molecule has 0 N–H and O–H groups in total. The van der Waals surface area contributed by atoms with Gasteiger partial charge in [0, 0.05) is 64.1 Å². The molecule has 7 aliphatic carbocycles. The van der Waals surface area contributed by atoms with Crippen LogP contribution in [0.5, 0.6) is 0 Å². The lowest BCUT2D eigenvalue weighted by Crippen LogP contribution is -2.28. The number of thiophene rings is 4. The van der Waals surface area contributed by atoms with Crippen molar-refractivity contribution in [3.8, 4) is 19.5 Å². The number of carbonyl (C=O) groups excluding carboxylic acids is 4. The van der Waals surface area contributed by atoms with Gasteiger partial charge in [0.15, 0.2) is 0 Å². The van der Waals surface area contributed by atoms with Gasteiger partial charge in [-0.1, -0.05) is 62.8 Å². The molecular weight excluding hydrogens is 883 g/mol. The summed E-state index contributed by atoms with van der Waals surface area (Å²) >= 11 is 6.84. The van der Waals surface area contributed by atoms with E-state index >= 15 is 0 Å². The Morgan fingerprint density at radius 1 is 0.581 bits per heavy atom. The SMILES string of the molecule is O=C1C(=O)c2cc(C(F)(F)F)ccc2/C1=C/c1cc2c(s1)-c1sc3c4c(sc3c1C21CCCCC1)-c1sc(/C=C2\C(=O)C(=O)C3C=C(C(F)(F)F)C=CC23)cc1C41CCCCC1. The normalized spacial score (nSPS) is 24.5. The van der Waals surface area contributed by atoms with Gasteiger partial charge in [-0.3, -0.25) is 19.2 Å². The Morgan fingerprint density at radius 2 is 1.15 bits per heavy atom. The first-order valence-corrected chi connectivity index (χ1v) is 24.0. The van der Waals surface area contributed by atoms with Crippen molar-refractivity contribution in [1.29, 1.82) is 0 Å². The third-order valence-electron chi connectivity index (χ3n) is 14.5. The molecule has 314 valence electrons. The van der Waals surface area contributed by atoms with Crippen LogP contribution in [-0.4, -0.2) is 29.3 Å². The minimum absolute atomic E-state index is 0.119. The lowest BCUT2D eigenvalue weighted by atomic mass is 9.67. The maximum Gasteiger partial charge on any atom is 0.416 e. The number of alkyl halides is 6. The van der Waals surface area contributed by atoms with Gasteiger partial charge in [0.25, 0.3) is 0 Å². The van der Waals surface area contributed by atoms with Crippen LogP contribution in [0.3, 0.4) is 0 Å². The minimum atomic E-state index is -4.64. The van der Waals surface area contributed by atoms with Gasteiger partial charge in [-0.2, -0.15) is 26.3 Å². The van der Waals surface area contributed by atoms with Crippen molar-refractivity contribution >= 4 is 95.6 Å². The molecule has 2 unspecified atom stereocenters. The lowest BCUT2D eigenvalue weighted by Gasteiger charge is -2.35. The quantitative estimate of drug-likeness (QED) is 0.101. The van der Waals surface area contributed by atoms with Gasteiger partial charge in [0.1, 0.15) is 0 Å². The molecule has 4 heterocycles. The Bertz CT molecular complexity index is 3050. The highest BCUT2D eigenvalue weighted by molar-refractivity contribution is 7.34. The number of ketones is 4. The van der Waals surface area contributed by atoms with Crippen molar-refractivity contribution in [1.82, 2.24) is 0 Å². The summed E-state index contributed by atoms with van der Waals surface area (Å²) in [7, 11) is 0. The van der Waals surface area contributed by atoms with Crippen LogP contribution in [0.2, 0.25) is 0 Å². The van der Waals surface area contributed by atoms with Gasteiger partial charge in [-0.05, 0) is 78.8 Å². The molecule has 3 fully saturated rings. The first-order chi connectivity index (χ1) is 29.6. The van der Waals surface area contributed by atoms with E-state index in [2.05, 4.69) is 12.1 Å². The highest BCUT2D eigenvalue weighted by atomic mass is 32.1. The summed E-state index contributed by atoms with van der Waals surface area (Å²) < 4.78 is 83.8. The van der Waals surface area contributed by atoms with E-state index in [-0.39, 0.29) is 33.1 Å². The maximum absolute atomic E-state index is 13.5. The molecule has 0 aliphatic heterocycles. The second kappa shape index (κ2) is 13.0. The zero-order valence-corrected chi connectivity index (χ0v) is 35.8. The first-order valence-electron chi connectivity index (χ1n) is 20.8. The molecule has 5 aromatic rings. The van der Waals surface area contributed by atoms with E-state index in [0.717, 1.165) is 103 Å². The Kier molecular flexibility index (Phi) is 8.23. The number of rotatable bonds is 2. The van der Waals surface area contributed by atoms with Crippen LogP contribution in [0.4, 0.5) is 26.3 Å². The van der Waals surface area contributed by atoms with Crippen LogP contribution in [-0.2, 0) is 31.4 Å². The van der Waals surface area contributed by atoms with Gasteiger partial charge in [-0.15, -0.1) is 45.3 Å². The Labute approximate surface area is 366 Å². The van der Waals surface area contributed by atoms with Gasteiger partial charge in [0.05, 0.1) is 36.2 Å². The Morgan fingerprint density at radius 3 is 1.69 bits per heavy atom. The van der Waals surface area contributed by atoms with Crippen molar-refractivity contribution in [2.75, 3.05) is 0 Å². The van der Waals surface area contributed by atoms with Gasteiger partial charge < -0.3 is 0 Å². The Hall–Kier alpha value is -4.50. The van der Waals surface area contributed by atoms with Crippen LogP contribution in [0, 0.1) is 11.8 Å². The fraction of sp³-hybridized carbons (Fsp3) is 0.333. The highest BCUT2D eigenvalue weighted by Gasteiger charge is 2.53. The largest absolute Gasteiger partial charge is 0.416 e. The van der Waals surface area contributed by atoms with E-state index in [1.54, 1.807) is 34.8 Å². The summed E-state index contributed by atoms with van der Waals surface area (Å²) in [5.74, 6) is -5.15. The second-order valence-electron chi connectivity index (χ2n) is 17.6. The average Bonchev–Trinajstić information content (AvgIpc) is 4.12. The number of carbonyl (C=O) groups is 4. The molecule has 0 amide bonds. The highest BCUT2D eigenvalue weighted by Crippen LogP contribution is 2.69. The van der Waals surface area contributed by atoms with E-state index in [0.29, 0.717) is 0 Å². The average molecular weight is 915 g/mol. The third kappa shape index (κ3) is 5.23. The summed E-state index contributed by atoms with van der Waals surface area (Å²) in [5.41, 5.74) is 3.21. The minimum Gasteiger partial charge on any atom is -0.290 e. The van der Waals surface area contributed by atoms with Crippen LogP contribution in [0.15, 0.2) is 59.7 Å². The van der Waals surface area contributed by atoms with Crippen molar-refractivity contribution in [3.05, 3.63) is 108 Å². The molecule has 0 bridgehead atoms. The molecular formula is C48H32F6O4S4. The van der Waals surface area contributed by atoms with E-state index in [9.17, 15) is 45.5 Å². The molecule has 7 aliphatic rings. The molecule has 2 spiro atoms. The number of benzene rings is 1. The molecule has 2 atom stereocenters. The van der Waals surface area contributed by atoms with E-state index < -0.39 is 58.5 Å². The second-order valence-corrected chi connectivity index (χ2v) is 21.8. The number of fused-ring (bicyclic) bond motifs is 15.